The van der Waals surface area contributed by atoms with E-state index >= 15 is 0 Å². The molecule has 1 atom stereocenters. The molecular weight excluding hydrogens is 232 g/mol. The maximum atomic E-state index is 12.0. The number of piperidine rings is 1. The number of nitrogens with zero attached hydrogens (tertiary/aromatic N) is 1. The van der Waals surface area contributed by atoms with E-state index in [0.29, 0.717) is 0 Å². The fraction of sp³-hybridized carbons (Fsp3) is 0.615. The van der Waals surface area contributed by atoms with Gasteiger partial charge in [-0.2, -0.15) is 0 Å². The second-order valence-electron chi connectivity index (χ2n) is 4.68. The fourth-order valence-electron chi connectivity index (χ4n) is 2.18. The van der Waals surface area contributed by atoms with Crippen molar-refractivity contribution in [2.45, 2.75) is 38.6 Å². The molecule has 0 spiro atoms. The first-order chi connectivity index (χ1) is 8.25. The van der Waals surface area contributed by atoms with E-state index in [4.69, 9.17) is 0 Å². The first-order valence-electron chi connectivity index (χ1n) is 6.33. The van der Waals surface area contributed by atoms with Crippen LogP contribution in [0.4, 0.5) is 4.79 Å². The second kappa shape index (κ2) is 6.05. The van der Waals surface area contributed by atoms with Gasteiger partial charge in [-0.25, -0.2) is 4.79 Å². The third-order valence-electron chi connectivity index (χ3n) is 3.10. The molecule has 4 heteroatoms. The van der Waals surface area contributed by atoms with Crippen LogP contribution in [0.2, 0.25) is 0 Å². The van der Waals surface area contributed by atoms with Crippen molar-refractivity contribution in [1.29, 1.82) is 0 Å². The Morgan fingerprint density at radius 2 is 2.24 bits per heavy atom. The molecule has 2 heterocycles. The molecule has 1 aliphatic heterocycles. The smallest absolute Gasteiger partial charge is 0.317 e. The highest BCUT2D eigenvalue weighted by Crippen LogP contribution is 2.12. The fourth-order valence-corrected chi connectivity index (χ4v) is 3.02. The normalized spacial score (nSPS) is 17.8. The van der Waals surface area contributed by atoms with Crippen LogP contribution in [0.5, 0.6) is 0 Å². The summed E-state index contributed by atoms with van der Waals surface area (Å²) in [5, 5.41) is 5.16. The molecule has 1 saturated heterocycles. The largest absolute Gasteiger partial charge is 0.335 e. The molecule has 0 bridgehead atoms. The predicted octanol–water partition coefficient (Wildman–Crippen LogP) is 2.87. The SMILES string of the molecule is CC(Cc1cccs1)NC(=O)N1CCCCC1. The van der Waals surface area contributed by atoms with Crippen molar-refractivity contribution in [3.8, 4) is 0 Å². The van der Waals surface area contributed by atoms with E-state index in [2.05, 4.69) is 29.8 Å². The number of amides is 2. The average molecular weight is 252 g/mol. The van der Waals surface area contributed by atoms with Gasteiger partial charge in [0.15, 0.2) is 0 Å². The molecule has 1 aromatic heterocycles. The molecule has 94 valence electrons. The Morgan fingerprint density at radius 1 is 1.47 bits per heavy atom. The van der Waals surface area contributed by atoms with Crippen LogP contribution in [-0.2, 0) is 6.42 Å². The molecule has 17 heavy (non-hydrogen) atoms. The quantitative estimate of drug-likeness (QED) is 0.881. The van der Waals surface area contributed by atoms with Crippen LogP contribution in [0.25, 0.3) is 0 Å². The third-order valence-corrected chi connectivity index (χ3v) is 4.00. The van der Waals surface area contributed by atoms with Crippen molar-refractivity contribution in [2.75, 3.05) is 13.1 Å². The Labute approximate surface area is 107 Å². The van der Waals surface area contributed by atoms with Gasteiger partial charge in [0.05, 0.1) is 0 Å². The van der Waals surface area contributed by atoms with Gasteiger partial charge in [-0.15, -0.1) is 11.3 Å². The summed E-state index contributed by atoms with van der Waals surface area (Å²) >= 11 is 1.75. The van der Waals surface area contributed by atoms with E-state index in [-0.39, 0.29) is 12.1 Å². The third kappa shape index (κ3) is 3.73. The van der Waals surface area contributed by atoms with Crippen LogP contribution in [0, 0.1) is 0 Å². The van der Waals surface area contributed by atoms with E-state index in [1.165, 1.54) is 11.3 Å². The number of hydrogen-bond acceptors (Lipinski definition) is 2. The number of nitrogens with one attached hydrogen (secondary N) is 1. The van der Waals surface area contributed by atoms with Gasteiger partial charge in [0.25, 0.3) is 0 Å². The van der Waals surface area contributed by atoms with Crippen LogP contribution in [-0.4, -0.2) is 30.1 Å². The van der Waals surface area contributed by atoms with Gasteiger partial charge in [0, 0.05) is 30.4 Å². The zero-order valence-electron chi connectivity index (χ0n) is 10.3. The van der Waals surface area contributed by atoms with Crippen molar-refractivity contribution in [2.24, 2.45) is 0 Å². The Kier molecular flexibility index (Phi) is 4.42. The van der Waals surface area contributed by atoms with Gasteiger partial charge < -0.3 is 10.2 Å². The van der Waals surface area contributed by atoms with Crippen LogP contribution in [0.15, 0.2) is 17.5 Å². The van der Waals surface area contributed by atoms with Crippen molar-refractivity contribution in [3.63, 3.8) is 0 Å². The molecule has 1 N–H and O–H groups in total. The first kappa shape index (κ1) is 12.4. The lowest BCUT2D eigenvalue weighted by molar-refractivity contribution is 0.183. The van der Waals surface area contributed by atoms with Crippen molar-refractivity contribution in [3.05, 3.63) is 22.4 Å². The summed E-state index contributed by atoms with van der Waals surface area (Å²) in [6.07, 6.45) is 4.48. The number of urea groups is 1. The van der Waals surface area contributed by atoms with E-state index in [0.717, 1.165) is 32.4 Å². The zero-order valence-corrected chi connectivity index (χ0v) is 11.1. The highest BCUT2D eigenvalue weighted by molar-refractivity contribution is 7.09. The summed E-state index contributed by atoms with van der Waals surface area (Å²) in [6.45, 7) is 3.90. The maximum absolute atomic E-state index is 12.0. The van der Waals surface area contributed by atoms with Gasteiger partial charge in [-0.3, -0.25) is 0 Å². The molecule has 0 radical (unpaired) electrons. The number of likely N-dealkylation sites (tertiary alicyclic amines) is 1. The second-order valence-corrected chi connectivity index (χ2v) is 5.71. The lowest BCUT2D eigenvalue weighted by Gasteiger charge is -2.28. The molecular formula is C13H20N2OS. The summed E-state index contributed by atoms with van der Waals surface area (Å²) in [7, 11) is 0. The lowest BCUT2D eigenvalue weighted by atomic mass is 10.1. The Balaban J connectivity index is 1.77. The minimum absolute atomic E-state index is 0.105. The summed E-state index contributed by atoms with van der Waals surface area (Å²) < 4.78 is 0. The van der Waals surface area contributed by atoms with E-state index in [1.54, 1.807) is 11.3 Å². The topological polar surface area (TPSA) is 32.3 Å². The highest BCUT2D eigenvalue weighted by atomic mass is 32.1. The Bertz CT molecular complexity index is 344. The molecule has 0 aromatic carbocycles. The Morgan fingerprint density at radius 3 is 2.88 bits per heavy atom. The number of rotatable bonds is 3. The monoisotopic (exact) mass is 252 g/mol. The van der Waals surface area contributed by atoms with Gasteiger partial charge in [-0.05, 0) is 37.6 Å². The number of carbonyl (C=O) groups excluding carboxylic acids is 1. The summed E-state index contributed by atoms with van der Waals surface area (Å²) in [6, 6.07) is 4.49. The minimum Gasteiger partial charge on any atom is -0.335 e. The molecule has 1 unspecified atom stereocenters. The average Bonchev–Trinajstić information content (AvgIpc) is 2.82. The minimum atomic E-state index is 0.105. The summed E-state index contributed by atoms with van der Waals surface area (Å²) in [4.78, 5) is 15.2. The summed E-state index contributed by atoms with van der Waals surface area (Å²) in [5.74, 6) is 0. The number of thiophene rings is 1. The van der Waals surface area contributed by atoms with E-state index in [9.17, 15) is 4.79 Å². The first-order valence-corrected chi connectivity index (χ1v) is 7.21. The molecule has 1 fully saturated rings. The number of hydrogen-bond donors (Lipinski definition) is 1. The molecule has 2 rings (SSSR count). The van der Waals surface area contributed by atoms with E-state index < -0.39 is 0 Å². The molecule has 2 amide bonds. The summed E-state index contributed by atoms with van der Waals surface area (Å²) in [5.41, 5.74) is 0. The van der Waals surface area contributed by atoms with Crippen LogP contribution >= 0.6 is 11.3 Å². The Hall–Kier alpha value is -1.03. The van der Waals surface area contributed by atoms with Gasteiger partial charge >= 0.3 is 6.03 Å². The maximum Gasteiger partial charge on any atom is 0.317 e. The lowest BCUT2D eigenvalue weighted by Crippen LogP contribution is -2.46. The van der Waals surface area contributed by atoms with Crippen molar-refractivity contribution >= 4 is 17.4 Å². The van der Waals surface area contributed by atoms with Gasteiger partial charge in [0.2, 0.25) is 0 Å². The molecule has 0 saturated carbocycles. The molecule has 0 aliphatic carbocycles. The van der Waals surface area contributed by atoms with Gasteiger partial charge in [0.1, 0.15) is 0 Å². The van der Waals surface area contributed by atoms with Crippen molar-refractivity contribution < 1.29 is 4.79 Å². The standard InChI is InChI=1S/C13H20N2OS/c1-11(10-12-6-5-9-17-12)14-13(16)15-7-3-2-4-8-15/h5-6,9,11H,2-4,7-8,10H2,1H3,(H,14,16). The molecule has 3 nitrogen and oxygen atoms in total. The molecule has 1 aliphatic rings. The van der Waals surface area contributed by atoms with Crippen LogP contribution in [0.1, 0.15) is 31.1 Å². The number of carbonyl (C=O) groups is 1. The van der Waals surface area contributed by atoms with Crippen LogP contribution < -0.4 is 5.32 Å². The van der Waals surface area contributed by atoms with E-state index in [1.807, 2.05) is 4.90 Å². The zero-order chi connectivity index (χ0) is 12.1. The highest BCUT2D eigenvalue weighted by Gasteiger charge is 2.17. The van der Waals surface area contributed by atoms with Gasteiger partial charge in [-0.1, -0.05) is 6.07 Å². The van der Waals surface area contributed by atoms with Crippen LogP contribution in [0.3, 0.4) is 0 Å². The predicted molar refractivity (Wildman–Crippen MR) is 71.4 cm³/mol. The molecule has 1 aromatic rings. The van der Waals surface area contributed by atoms with Crippen molar-refractivity contribution in [1.82, 2.24) is 10.2 Å².